The summed E-state index contributed by atoms with van der Waals surface area (Å²) in [4.78, 5) is 15.2. The molecule has 2 aromatic carbocycles. The number of carbonyl (C=O) groups is 1. The molecule has 0 saturated carbocycles. The molecule has 0 aliphatic rings. The van der Waals surface area contributed by atoms with Crippen molar-refractivity contribution in [1.29, 1.82) is 0 Å². The molecule has 3 heteroatoms. The molecule has 3 nitrogen and oxygen atoms in total. The summed E-state index contributed by atoms with van der Waals surface area (Å²) in [7, 11) is 4.07. The largest absolute Gasteiger partial charge is 0.311 e. The first-order chi connectivity index (χ1) is 9.69. The van der Waals surface area contributed by atoms with E-state index in [4.69, 9.17) is 0 Å². The lowest BCUT2D eigenvalue weighted by molar-refractivity contribution is -0.107. The number of carbonyl (C=O) groups excluding carboxylic acids is 1. The Morgan fingerprint density at radius 2 is 1.60 bits per heavy atom. The van der Waals surface area contributed by atoms with Gasteiger partial charge in [0.15, 0.2) is 0 Å². The van der Waals surface area contributed by atoms with E-state index in [1.807, 2.05) is 56.6 Å². The van der Waals surface area contributed by atoms with Gasteiger partial charge in [-0.05, 0) is 37.4 Å². The van der Waals surface area contributed by atoms with E-state index in [1.165, 1.54) is 5.56 Å². The van der Waals surface area contributed by atoms with Crippen LogP contribution in [0.3, 0.4) is 0 Å². The molecule has 0 aliphatic carbocycles. The average Bonchev–Trinajstić information content (AvgIpc) is 2.45. The second-order valence-electron chi connectivity index (χ2n) is 5.13. The van der Waals surface area contributed by atoms with Crippen LogP contribution in [0.1, 0.15) is 11.1 Å². The van der Waals surface area contributed by atoms with Crippen LogP contribution in [0.5, 0.6) is 0 Å². The zero-order valence-electron chi connectivity index (χ0n) is 12.0. The summed E-state index contributed by atoms with van der Waals surface area (Å²) in [5, 5.41) is 0. The Labute approximate surface area is 120 Å². The number of amides is 1. The highest BCUT2D eigenvalue weighted by Crippen LogP contribution is 2.18. The van der Waals surface area contributed by atoms with E-state index in [9.17, 15) is 4.79 Å². The van der Waals surface area contributed by atoms with Gasteiger partial charge in [0.05, 0.1) is 6.54 Å². The maximum Gasteiger partial charge on any atom is 0.214 e. The van der Waals surface area contributed by atoms with Crippen LogP contribution < -0.4 is 4.90 Å². The van der Waals surface area contributed by atoms with Crippen LogP contribution in [-0.2, 0) is 17.9 Å². The van der Waals surface area contributed by atoms with Crippen molar-refractivity contribution in [2.24, 2.45) is 0 Å². The Morgan fingerprint density at radius 3 is 2.25 bits per heavy atom. The summed E-state index contributed by atoms with van der Waals surface area (Å²) in [5.74, 6) is 0. The number of nitrogens with zero attached hydrogens (tertiary/aromatic N) is 2. The van der Waals surface area contributed by atoms with E-state index in [0.717, 1.165) is 24.2 Å². The monoisotopic (exact) mass is 268 g/mol. The van der Waals surface area contributed by atoms with Gasteiger partial charge in [-0.1, -0.05) is 42.5 Å². The minimum absolute atomic E-state index is 0.593. The van der Waals surface area contributed by atoms with Gasteiger partial charge in [-0.15, -0.1) is 0 Å². The lowest BCUT2D eigenvalue weighted by Gasteiger charge is -2.19. The number of hydrogen-bond acceptors (Lipinski definition) is 2. The Morgan fingerprint density at radius 1 is 0.900 bits per heavy atom. The van der Waals surface area contributed by atoms with Gasteiger partial charge in [0.2, 0.25) is 6.41 Å². The van der Waals surface area contributed by atoms with E-state index in [1.54, 1.807) is 4.90 Å². The first-order valence-electron chi connectivity index (χ1n) is 6.68. The van der Waals surface area contributed by atoms with Crippen LogP contribution >= 0.6 is 0 Å². The van der Waals surface area contributed by atoms with E-state index >= 15 is 0 Å². The predicted octanol–water partition coefficient (Wildman–Crippen LogP) is 2.91. The van der Waals surface area contributed by atoms with Crippen LogP contribution in [0.4, 0.5) is 5.69 Å². The topological polar surface area (TPSA) is 23.6 Å². The molecule has 0 N–H and O–H groups in total. The molecule has 0 bridgehead atoms. The van der Waals surface area contributed by atoms with Gasteiger partial charge in [-0.25, -0.2) is 0 Å². The molecular weight excluding hydrogens is 248 g/mol. The van der Waals surface area contributed by atoms with Crippen LogP contribution in [-0.4, -0.2) is 25.4 Å². The van der Waals surface area contributed by atoms with Gasteiger partial charge in [-0.2, -0.15) is 0 Å². The Kier molecular flexibility index (Phi) is 4.91. The number of hydrogen-bond donors (Lipinski definition) is 0. The fraction of sp³-hybridized carbons (Fsp3) is 0.235. The molecule has 0 aromatic heterocycles. The zero-order chi connectivity index (χ0) is 14.4. The van der Waals surface area contributed by atoms with Crippen LogP contribution in [0.2, 0.25) is 0 Å². The summed E-state index contributed by atoms with van der Waals surface area (Å²) in [5.41, 5.74) is 3.26. The normalized spacial score (nSPS) is 10.6. The molecule has 1 amide bonds. The maximum atomic E-state index is 11.4. The van der Waals surface area contributed by atoms with Crippen LogP contribution in [0.25, 0.3) is 0 Å². The van der Waals surface area contributed by atoms with Gasteiger partial charge < -0.3 is 9.80 Å². The van der Waals surface area contributed by atoms with Crippen molar-refractivity contribution in [1.82, 2.24) is 4.90 Å². The van der Waals surface area contributed by atoms with Crippen molar-refractivity contribution < 1.29 is 4.79 Å². The molecule has 20 heavy (non-hydrogen) atoms. The van der Waals surface area contributed by atoms with Gasteiger partial charge >= 0.3 is 0 Å². The minimum atomic E-state index is 0.593. The number of rotatable bonds is 6. The third-order valence-corrected chi connectivity index (χ3v) is 3.06. The summed E-state index contributed by atoms with van der Waals surface area (Å²) >= 11 is 0. The highest BCUT2D eigenvalue weighted by Gasteiger charge is 2.07. The summed E-state index contributed by atoms with van der Waals surface area (Å²) in [6.07, 6.45) is 0.891. The molecule has 0 spiro atoms. The molecule has 0 saturated heterocycles. The van der Waals surface area contributed by atoms with Crippen LogP contribution in [0.15, 0.2) is 54.6 Å². The highest BCUT2D eigenvalue weighted by atomic mass is 16.1. The van der Waals surface area contributed by atoms with Gasteiger partial charge in [0.1, 0.15) is 0 Å². The van der Waals surface area contributed by atoms with Crippen molar-refractivity contribution in [2.45, 2.75) is 13.1 Å². The third-order valence-electron chi connectivity index (χ3n) is 3.06. The molecule has 0 radical (unpaired) electrons. The van der Waals surface area contributed by atoms with Crippen molar-refractivity contribution in [3.8, 4) is 0 Å². The van der Waals surface area contributed by atoms with E-state index in [2.05, 4.69) is 17.0 Å². The lowest BCUT2D eigenvalue weighted by atomic mass is 10.1. The molecular formula is C17H20N2O. The number of benzene rings is 2. The van der Waals surface area contributed by atoms with Crippen LogP contribution in [0, 0.1) is 0 Å². The Hall–Kier alpha value is -2.13. The molecule has 0 aliphatic heterocycles. The maximum absolute atomic E-state index is 11.4. The molecule has 0 unspecified atom stereocenters. The number of anilines is 1. The van der Waals surface area contributed by atoms with Crippen molar-refractivity contribution in [3.05, 3.63) is 65.7 Å². The Bertz CT molecular complexity index is 552. The quantitative estimate of drug-likeness (QED) is 0.752. The standard InChI is InChI=1S/C17H20N2O/c1-18(2)12-16-9-6-10-17(11-16)19(14-20)13-15-7-4-3-5-8-15/h3-11,14H,12-13H2,1-2H3. The van der Waals surface area contributed by atoms with Crippen molar-refractivity contribution in [3.63, 3.8) is 0 Å². The molecule has 0 heterocycles. The van der Waals surface area contributed by atoms with Gasteiger partial charge in [0.25, 0.3) is 0 Å². The van der Waals surface area contributed by atoms with E-state index in [-0.39, 0.29) is 0 Å². The molecule has 0 fully saturated rings. The fourth-order valence-electron chi connectivity index (χ4n) is 2.17. The predicted molar refractivity (Wildman–Crippen MR) is 82.5 cm³/mol. The second kappa shape index (κ2) is 6.87. The zero-order valence-corrected chi connectivity index (χ0v) is 12.0. The highest BCUT2D eigenvalue weighted by molar-refractivity contribution is 5.75. The van der Waals surface area contributed by atoms with Gasteiger partial charge in [-0.3, -0.25) is 4.79 Å². The SMILES string of the molecule is CN(C)Cc1cccc(N(C=O)Cc2ccccc2)c1. The van der Waals surface area contributed by atoms with E-state index < -0.39 is 0 Å². The first kappa shape index (κ1) is 14.3. The smallest absolute Gasteiger partial charge is 0.214 e. The summed E-state index contributed by atoms with van der Waals surface area (Å²) < 4.78 is 0. The summed E-state index contributed by atoms with van der Waals surface area (Å²) in [6.45, 7) is 1.46. The van der Waals surface area contributed by atoms with Crippen molar-refractivity contribution in [2.75, 3.05) is 19.0 Å². The molecule has 104 valence electrons. The van der Waals surface area contributed by atoms with Crippen molar-refractivity contribution >= 4 is 12.1 Å². The lowest BCUT2D eigenvalue weighted by Crippen LogP contribution is -2.20. The molecule has 2 rings (SSSR count). The molecule has 0 atom stereocenters. The van der Waals surface area contributed by atoms with Gasteiger partial charge in [0, 0.05) is 12.2 Å². The van der Waals surface area contributed by atoms with E-state index in [0.29, 0.717) is 6.54 Å². The first-order valence-corrected chi connectivity index (χ1v) is 6.68. The average molecular weight is 268 g/mol. The fourth-order valence-corrected chi connectivity index (χ4v) is 2.17. The summed E-state index contributed by atoms with van der Waals surface area (Å²) in [6, 6.07) is 18.1. The third kappa shape index (κ3) is 3.93. The second-order valence-corrected chi connectivity index (χ2v) is 5.13. The Balaban J connectivity index is 2.17. The molecule has 2 aromatic rings. The minimum Gasteiger partial charge on any atom is -0.311 e.